The predicted molar refractivity (Wildman–Crippen MR) is 122 cm³/mol. The molecule has 0 bridgehead atoms. The van der Waals surface area contributed by atoms with Gasteiger partial charge >= 0.3 is 0 Å². The fourth-order valence-corrected chi connectivity index (χ4v) is 3.08. The number of nitrogens with one attached hydrogen (secondary N) is 2. The number of halogens is 2. The highest BCUT2D eigenvalue weighted by molar-refractivity contribution is 14.0. The maximum atomic E-state index is 13.9. The molecule has 1 heterocycles. The van der Waals surface area contributed by atoms with Crippen molar-refractivity contribution in [1.82, 2.24) is 10.6 Å². The number of carbonyl (C=O) groups excluding carboxylic acids is 1. The Morgan fingerprint density at radius 2 is 1.93 bits per heavy atom. The van der Waals surface area contributed by atoms with Crippen LogP contribution in [0.2, 0.25) is 0 Å². The molecule has 2 N–H and O–H groups in total. The Bertz CT molecular complexity index is 924. The summed E-state index contributed by atoms with van der Waals surface area (Å²) in [6.07, 6.45) is 1.52. The van der Waals surface area contributed by atoms with Gasteiger partial charge in [0.15, 0.2) is 5.96 Å². The molecular weight excluding hydrogens is 484 g/mol. The lowest BCUT2D eigenvalue weighted by Crippen LogP contribution is -2.36. The van der Waals surface area contributed by atoms with Gasteiger partial charge in [-0.3, -0.25) is 9.79 Å². The van der Waals surface area contributed by atoms with Crippen LogP contribution in [0.15, 0.2) is 47.5 Å². The molecule has 1 saturated heterocycles. The molecule has 2 aromatic carbocycles. The zero-order valence-corrected chi connectivity index (χ0v) is 18.4. The van der Waals surface area contributed by atoms with Crippen LogP contribution >= 0.6 is 24.0 Å². The van der Waals surface area contributed by atoms with Gasteiger partial charge in [-0.15, -0.1) is 24.0 Å². The summed E-state index contributed by atoms with van der Waals surface area (Å²) in [5.74, 6) is 0.331. The van der Waals surface area contributed by atoms with Crippen LogP contribution in [0.1, 0.15) is 29.5 Å². The Morgan fingerprint density at radius 3 is 2.55 bits per heavy atom. The van der Waals surface area contributed by atoms with Crippen LogP contribution < -0.4 is 15.5 Å². The lowest BCUT2D eigenvalue weighted by Gasteiger charge is -2.16. The first-order valence-corrected chi connectivity index (χ1v) is 9.13. The van der Waals surface area contributed by atoms with E-state index in [9.17, 15) is 9.18 Å². The van der Waals surface area contributed by atoms with E-state index in [0.717, 1.165) is 24.2 Å². The number of nitrogens with zero attached hydrogens (tertiary/aromatic N) is 3. The number of guanidine groups is 1. The summed E-state index contributed by atoms with van der Waals surface area (Å²) in [6.45, 7) is 1.53. The van der Waals surface area contributed by atoms with Gasteiger partial charge in [-0.1, -0.05) is 12.1 Å². The predicted octanol–water partition coefficient (Wildman–Crippen LogP) is 3.31. The first-order valence-electron chi connectivity index (χ1n) is 9.13. The van der Waals surface area contributed by atoms with E-state index in [0.29, 0.717) is 30.1 Å². The lowest BCUT2D eigenvalue weighted by molar-refractivity contribution is -0.117. The summed E-state index contributed by atoms with van der Waals surface area (Å²) in [4.78, 5) is 17.8. The highest BCUT2D eigenvalue weighted by Gasteiger charge is 2.21. The van der Waals surface area contributed by atoms with Crippen LogP contribution in [0.4, 0.5) is 10.1 Å². The minimum absolute atomic E-state index is 0. The Morgan fingerprint density at radius 1 is 1.21 bits per heavy atom. The van der Waals surface area contributed by atoms with E-state index in [1.807, 2.05) is 35.2 Å². The number of hydrogen-bond acceptors (Lipinski definition) is 3. The van der Waals surface area contributed by atoms with E-state index >= 15 is 0 Å². The summed E-state index contributed by atoms with van der Waals surface area (Å²) in [7, 11) is 1.64. The summed E-state index contributed by atoms with van der Waals surface area (Å²) in [5.41, 5.74) is 2.77. The number of hydrogen-bond donors (Lipinski definition) is 2. The molecule has 0 unspecified atom stereocenters. The minimum Gasteiger partial charge on any atom is -0.352 e. The van der Waals surface area contributed by atoms with E-state index in [4.69, 9.17) is 5.26 Å². The van der Waals surface area contributed by atoms with Crippen molar-refractivity contribution in [3.63, 3.8) is 0 Å². The highest BCUT2D eigenvalue weighted by atomic mass is 127. The van der Waals surface area contributed by atoms with Crippen molar-refractivity contribution in [2.45, 2.75) is 25.9 Å². The van der Waals surface area contributed by atoms with Gasteiger partial charge in [0.05, 0.1) is 11.6 Å². The summed E-state index contributed by atoms with van der Waals surface area (Å²) < 4.78 is 13.9. The molecule has 1 fully saturated rings. The van der Waals surface area contributed by atoms with Gasteiger partial charge in [0, 0.05) is 44.4 Å². The molecule has 1 aliphatic rings. The number of carbonyl (C=O) groups is 1. The van der Waals surface area contributed by atoms with Crippen LogP contribution in [0.25, 0.3) is 0 Å². The van der Waals surface area contributed by atoms with E-state index in [1.165, 1.54) is 18.2 Å². The number of anilines is 1. The molecule has 2 aromatic rings. The third-order valence-electron chi connectivity index (χ3n) is 4.63. The van der Waals surface area contributed by atoms with Crippen LogP contribution in [0.3, 0.4) is 0 Å². The molecule has 3 rings (SSSR count). The number of nitriles is 1. The molecule has 0 radical (unpaired) electrons. The molecule has 0 spiro atoms. The largest absolute Gasteiger partial charge is 0.352 e. The molecule has 0 aliphatic carbocycles. The molecule has 8 heteroatoms. The number of rotatable bonds is 5. The SMILES string of the molecule is CN=C(NCc1ccc(N2CCCC2=O)cc1)NCc1cc(C#N)ccc1F.I. The molecular formula is C21H23FIN5O. The van der Waals surface area contributed by atoms with Crippen LogP contribution in [-0.4, -0.2) is 25.5 Å². The molecule has 152 valence electrons. The van der Waals surface area contributed by atoms with Crippen molar-refractivity contribution in [2.75, 3.05) is 18.5 Å². The van der Waals surface area contributed by atoms with Crippen LogP contribution in [0.5, 0.6) is 0 Å². The topological polar surface area (TPSA) is 80.5 Å². The van der Waals surface area contributed by atoms with Crippen LogP contribution in [-0.2, 0) is 17.9 Å². The van der Waals surface area contributed by atoms with Gasteiger partial charge in [-0.05, 0) is 42.3 Å². The maximum absolute atomic E-state index is 13.9. The molecule has 6 nitrogen and oxygen atoms in total. The Kier molecular flexibility index (Phi) is 8.39. The third kappa shape index (κ3) is 5.90. The summed E-state index contributed by atoms with van der Waals surface area (Å²) >= 11 is 0. The van der Waals surface area contributed by atoms with Crippen molar-refractivity contribution in [3.05, 3.63) is 65.0 Å². The van der Waals surface area contributed by atoms with Crippen molar-refractivity contribution < 1.29 is 9.18 Å². The number of amides is 1. The van der Waals surface area contributed by atoms with Gasteiger partial charge in [-0.2, -0.15) is 5.26 Å². The average Bonchev–Trinajstić information content (AvgIpc) is 3.15. The quantitative estimate of drug-likeness (QED) is 0.370. The van der Waals surface area contributed by atoms with E-state index in [1.54, 1.807) is 7.05 Å². The molecule has 1 amide bonds. The summed E-state index contributed by atoms with van der Waals surface area (Å²) in [5, 5.41) is 15.2. The van der Waals surface area contributed by atoms with Crippen molar-refractivity contribution in [2.24, 2.45) is 4.99 Å². The highest BCUT2D eigenvalue weighted by Crippen LogP contribution is 2.21. The van der Waals surface area contributed by atoms with Crippen LogP contribution in [0, 0.1) is 17.1 Å². The van der Waals surface area contributed by atoms with Crippen molar-refractivity contribution in [1.29, 1.82) is 5.26 Å². The van der Waals surface area contributed by atoms with E-state index in [2.05, 4.69) is 15.6 Å². The second kappa shape index (κ2) is 10.8. The first-order chi connectivity index (χ1) is 13.6. The molecule has 1 aliphatic heterocycles. The summed E-state index contributed by atoms with van der Waals surface area (Å²) in [6, 6.07) is 14.1. The Hall–Kier alpha value is -2.67. The normalized spacial score (nSPS) is 13.6. The Labute approximate surface area is 186 Å². The van der Waals surface area contributed by atoms with Gasteiger partial charge in [0.25, 0.3) is 0 Å². The van der Waals surface area contributed by atoms with Gasteiger partial charge in [0.1, 0.15) is 5.82 Å². The second-order valence-corrected chi connectivity index (χ2v) is 6.51. The van der Waals surface area contributed by atoms with Gasteiger partial charge in [0.2, 0.25) is 5.91 Å². The Balaban J connectivity index is 0.00000300. The standard InChI is InChI=1S/C21H22FN5O.HI/c1-24-21(26-14-17-11-16(12-23)6-9-19(17)22)25-13-15-4-7-18(8-5-15)27-10-2-3-20(27)28;/h4-9,11H,2-3,10,13-14H2,1H3,(H2,24,25,26);1H. The fraction of sp³-hybridized carbons (Fsp3) is 0.286. The smallest absolute Gasteiger partial charge is 0.227 e. The van der Waals surface area contributed by atoms with Gasteiger partial charge in [-0.25, -0.2) is 4.39 Å². The number of aliphatic imine (C=N–C) groups is 1. The van der Waals surface area contributed by atoms with E-state index < -0.39 is 0 Å². The minimum atomic E-state index is -0.367. The zero-order chi connectivity index (χ0) is 19.9. The number of benzene rings is 2. The lowest BCUT2D eigenvalue weighted by atomic mass is 10.1. The van der Waals surface area contributed by atoms with Crippen molar-refractivity contribution in [3.8, 4) is 6.07 Å². The molecule has 0 aromatic heterocycles. The second-order valence-electron chi connectivity index (χ2n) is 6.51. The van der Waals surface area contributed by atoms with Gasteiger partial charge < -0.3 is 15.5 Å². The maximum Gasteiger partial charge on any atom is 0.227 e. The third-order valence-corrected chi connectivity index (χ3v) is 4.63. The molecule has 29 heavy (non-hydrogen) atoms. The molecule has 0 saturated carbocycles. The monoisotopic (exact) mass is 507 g/mol. The average molecular weight is 507 g/mol. The molecule has 0 atom stereocenters. The first kappa shape index (κ1) is 22.6. The fourth-order valence-electron chi connectivity index (χ4n) is 3.08. The van der Waals surface area contributed by atoms with E-state index in [-0.39, 0.29) is 42.2 Å². The van der Waals surface area contributed by atoms with Crippen molar-refractivity contribution >= 4 is 41.5 Å². The zero-order valence-electron chi connectivity index (χ0n) is 16.1.